The average molecular weight is 303 g/mol. The smallest absolute Gasteiger partial charge is 0.251 e. The van der Waals surface area contributed by atoms with Crippen molar-refractivity contribution in [3.63, 3.8) is 0 Å². The molecule has 3 nitrogen and oxygen atoms in total. The summed E-state index contributed by atoms with van der Waals surface area (Å²) in [7, 11) is 0. The Hall–Kier alpha value is -1.84. The highest BCUT2D eigenvalue weighted by atomic mass is 35.5. The summed E-state index contributed by atoms with van der Waals surface area (Å²) in [4.78, 5) is 12.3. The number of benzene rings is 2. The molecule has 3 N–H and O–H groups in total. The third-order valence-corrected chi connectivity index (χ3v) is 3.65. The van der Waals surface area contributed by atoms with E-state index in [0.717, 1.165) is 17.5 Å². The lowest BCUT2D eigenvalue weighted by molar-refractivity contribution is 0.0935. The van der Waals surface area contributed by atoms with Crippen LogP contribution in [0.15, 0.2) is 48.5 Å². The fourth-order valence-corrected chi connectivity index (χ4v) is 2.38. The van der Waals surface area contributed by atoms with Crippen molar-refractivity contribution >= 4 is 17.5 Å². The minimum atomic E-state index is -0.0922. The zero-order valence-electron chi connectivity index (χ0n) is 12.0. The number of nitrogens with one attached hydrogen (secondary N) is 1. The van der Waals surface area contributed by atoms with Crippen molar-refractivity contribution < 1.29 is 4.79 Å². The van der Waals surface area contributed by atoms with E-state index in [1.807, 2.05) is 43.3 Å². The van der Waals surface area contributed by atoms with Crippen LogP contribution in [0.25, 0.3) is 0 Å². The summed E-state index contributed by atoms with van der Waals surface area (Å²) in [6, 6.07) is 14.8. The van der Waals surface area contributed by atoms with Crippen LogP contribution in [-0.4, -0.2) is 5.91 Å². The van der Waals surface area contributed by atoms with Crippen molar-refractivity contribution in [1.82, 2.24) is 5.32 Å². The van der Waals surface area contributed by atoms with E-state index in [1.165, 1.54) is 0 Å². The third-order valence-electron chi connectivity index (χ3n) is 3.42. The van der Waals surface area contributed by atoms with Gasteiger partial charge in [0.25, 0.3) is 5.91 Å². The molecule has 0 heterocycles. The Bertz CT molecular complexity index is 610. The zero-order valence-corrected chi connectivity index (χ0v) is 12.7. The molecule has 2 aromatic carbocycles. The van der Waals surface area contributed by atoms with Crippen LogP contribution >= 0.6 is 11.6 Å². The van der Waals surface area contributed by atoms with E-state index in [9.17, 15) is 4.79 Å². The van der Waals surface area contributed by atoms with E-state index >= 15 is 0 Å². The van der Waals surface area contributed by atoms with Gasteiger partial charge in [-0.15, -0.1) is 0 Å². The van der Waals surface area contributed by atoms with Gasteiger partial charge in [-0.25, -0.2) is 0 Å². The standard InChI is InChI=1S/C17H19ClN2O/c1-2-16(14-4-3-5-15(18)10-14)20-17(21)13-8-6-12(11-19)7-9-13/h3-10,16H,2,11,19H2,1H3,(H,20,21). The van der Waals surface area contributed by atoms with Gasteiger partial charge in [0, 0.05) is 17.1 Å². The van der Waals surface area contributed by atoms with Crippen LogP contribution in [0, 0.1) is 0 Å². The van der Waals surface area contributed by atoms with Gasteiger partial charge in [-0.3, -0.25) is 4.79 Å². The minimum Gasteiger partial charge on any atom is -0.345 e. The molecule has 1 atom stereocenters. The second kappa shape index (κ2) is 7.25. The Labute approximate surface area is 130 Å². The van der Waals surface area contributed by atoms with E-state index < -0.39 is 0 Å². The highest BCUT2D eigenvalue weighted by Gasteiger charge is 2.14. The van der Waals surface area contributed by atoms with Crippen LogP contribution in [0.4, 0.5) is 0 Å². The predicted octanol–water partition coefficient (Wildman–Crippen LogP) is 3.68. The van der Waals surface area contributed by atoms with Crippen molar-refractivity contribution in [2.75, 3.05) is 0 Å². The molecule has 0 aliphatic heterocycles. The quantitative estimate of drug-likeness (QED) is 0.885. The SMILES string of the molecule is CCC(NC(=O)c1ccc(CN)cc1)c1cccc(Cl)c1. The average Bonchev–Trinajstić information content (AvgIpc) is 2.52. The van der Waals surface area contributed by atoms with Crippen LogP contribution in [0.2, 0.25) is 5.02 Å². The molecule has 2 rings (SSSR count). The van der Waals surface area contributed by atoms with Crippen LogP contribution in [0.3, 0.4) is 0 Å². The Morgan fingerprint density at radius 2 is 1.95 bits per heavy atom. The molecule has 0 saturated carbocycles. The fourth-order valence-electron chi connectivity index (χ4n) is 2.18. The Morgan fingerprint density at radius 3 is 2.52 bits per heavy atom. The number of halogens is 1. The molecule has 0 fully saturated rings. The van der Waals surface area contributed by atoms with Gasteiger partial charge in [0.15, 0.2) is 0 Å². The summed E-state index contributed by atoms with van der Waals surface area (Å²) >= 11 is 6.01. The second-order valence-electron chi connectivity index (χ2n) is 4.89. The number of carbonyl (C=O) groups is 1. The van der Waals surface area contributed by atoms with Crippen LogP contribution in [0.1, 0.15) is 40.9 Å². The molecule has 0 aliphatic carbocycles. The first kappa shape index (κ1) is 15.5. The lowest BCUT2D eigenvalue weighted by atomic mass is 10.0. The van der Waals surface area contributed by atoms with Crippen molar-refractivity contribution in [2.24, 2.45) is 5.73 Å². The van der Waals surface area contributed by atoms with E-state index in [0.29, 0.717) is 17.1 Å². The molecule has 4 heteroatoms. The third kappa shape index (κ3) is 4.06. The lowest BCUT2D eigenvalue weighted by Crippen LogP contribution is -2.28. The van der Waals surface area contributed by atoms with Gasteiger partial charge < -0.3 is 11.1 Å². The Balaban J connectivity index is 2.12. The molecule has 0 aliphatic rings. The molecule has 0 bridgehead atoms. The highest BCUT2D eigenvalue weighted by molar-refractivity contribution is 6.30. The summed E-state index contributed by atoms with van der Waals surface area (Å²) in [6.45, 7) is 2.51. The van der Waals surface area contributed by atoms with Gasteiger partial charge in [-0.1, -0.05) is 42.8 Å². The molecular weight excluding hydrogens is 284 g/mol. The summed E-state index contributed by atoms with van der Waals surface area (Å²) in [6.07, 6.45) is 0.799. The first-order chi connectivity index (χ1) is 10.1. The maximum Gasteiger partial charge on any atom is 0.251 e. The first-order valence-corrected chi connectivity index (χ1v) is 7.37. The Kier molecular flexibility index (Phi) is 5.37. The number of hydrogen-bond acceptors (Lipinski definition) is 2. The van der Waals surface area contributed by atoms with Crippen molar-refractivity contribution in [2.45, 2.75) is 25.9 Å². The molecule has 0 spiro atoms. The van der Waals surface area contributed by atoms with Gasteiger partial charge >= 0.3 is 0 Å². The van der Waals surface area contributed by atoms with Gasteiger partial charge in [-0.05, 0) is 41.8 Å². The second-order valence-corrected chi connectivity index (χ2v) is 5.33. The van der Waals surface area contributed by atoms with Crippen molar-refractivity contribution in [1.29, 1.82) is 0 Å². The van der Waals surface area contributed by atoms with Crippen molar-refractivity contribution in [3.05, 3.63) is 70.2 Å². The van der Waals surface area contributed by atoms with Gasteiger partial charge in [-0.2, -0.15) is 0 Å². The molecule has 0 radical (unpaired) electrons. The minimum absolute atomic E-state index is 0.0506. The maximum atomic E-state index is 12.3. The molecule has 2 aromatic rings. The molecule has 1 amide bonds. The van der Waals surface area contributed by atoms with E-state index in [2.05, 4.69) is 5.32 Å². The van der Waals surface area contributed by atoms with Crippen molar-refractivity contribution in [3.8, 4) is 0 Å². The Morgan fingerprint density at radius 1 is 1.24 bits per heavy atom. The molecular formula is C17H19ClN2O. The molecule has 1 unspecified atom stereocenters. The van der Waals surface area contributed by atoms with Crippen LogP contribution in [-0.2, 0) is 6.54 Å². The topological polar surface area (TPSA) is 55.1 Å². The van der Waals surface area contributed by atoms with Gasteiger partial charge in [0.2, 0.25) is 0 Å². The number of rotatable bonds is 5. The number of carbonyl (C=O) groups excluding carboxylic acids is 1. The van der Waals surface area contributed by atoms with Gasteiger partial charge in [0.05, 0.1) is 6.04 Å². The fraction of sp³-hybridized carbons (Fsp3) is 0.235. The highest BCUT2D eigenvalue weighted by Crippen LogP contribution is 2.20. The summed E-state index contributed by atoms with van der Waals surface area (Å²) in [5, 5.41) is 3.71. The van der Waals surface area contributed by atoms with Gasteiger partial charge in [0.1, 0.15) is 0 Å². The largest absolute Gasteiger partial charge is 0.345 e. The van der Waals surface area contributed by atoms with E-state index in [-0.39, 0.29) is 11.9 Å². The summed E-state index contributed by atoms with van der Waals surface area (Å²) < 4.78 is 0. The van der Waals surface area contributed by atoms with Crippen LogP contribution in [0.5, 0.6) is 0 Å². The molecule has 21 heavy (non-hydrogen) atoms. The number of nitrogens with two attached hydrogens (primary N) is 1. The first-order valence-electron chi connectivity index (χ1n) is 6.99. The summed E-state index contributed by atoms with van der Waals surface area (Å²) in [5.74, 6) is -0.0922. The molecule has 0 aromatic heterocycles. The summed E-state index contributed by atoms with van der Waals surface area (Å²) in [5.41, 5.74) is 8.21. The predicted molar refractivity (Wildman–Crippen MR) is 86.3 cm³/mol. The molecule has 0 saturated heterocycles. The lowest BCUT2D eigenvalue weighted by Gasteiger charge is -2.18. The zero-order chi connectivity index (χ0) is 15.2. The van der Waals surface area contributed by atoms with E-state index in [4.69, 9.17) is 17.3 Å². The number of hydrogen-bond donors (Lipinski definition) is 2. The maximum absolute atomic E-state index is 12.3. The van der Waals surface area contributed by atoms with Crippen LogP contribution < -0.4 is 11.1 Å². The molecule has 110 valence electrons. The monoisotopic (exact) mass is 302 g/mol. The normalized spacial score (nSPS) is 12.0. The van der Waals surface area contributed by atoms with E-state index in [1.54, 1.807) is 12.1 Å². The number of amides is 1.